The molecule has 6 unspecified atom stereocenters. The average molecular weight is 262 g/mol. The van der Waals surface area contributed by atoms with Gasteiger partial charge in [-0.15, -0.1) is 0 Å². The Labute approximate surface area is 116 Å². The van der Waals surface area contributed by atoms with Gasteiger partial charge in [0.1, 0.15) is 0 Å². The lowest BCUT2D eigenvalue weighted by Crippen LogP contribution is -2.47. The first-order valence-corrected chi connectivity index (χ1v) is 8.22. The van der Waals surface area contributed by atoms with Crippen molar-refractivity contribution >= 4 is 5.91 Å². The van der Waals surface area contributed by atoms with Crippen LogP contribution < -0.4 is 5.32 Å². The molecule has 1 aliphatic heterocycles. The van der Waals surface area contributed by atoms with Crippen LogP contribution in [0.15, 0.2) is 0 Å². The standard InChI is InChI=1S/C16H26N2O/c1-17-15-7-12-5-13(12)9-18(16(15)19)8-11-4-2-3-10-6-14(10)11/h10-15,17H,2-9H2,1H3. The van der Waals surface area contributed by atoms with Crippen molar-refractivity contribution in [3.8, 4) is 0 Å². The summed E-state index contributed by atoms with van der Waals surface area (Å²) < 4.78 is 0. The minimum Gasteiger partial charge on any atom is -0.341 e. The highest BCUT2D eigenvalue weighted by molar-refractivity contribution is 5.82. The fourth-order valence-corrected chi connectivity index (χ4v) is 4.77. The number of fused-ring (bicyclic) bond motifs is 2. The van der Waals surface area contributed by atoms with Gasteiger partial charge in [0.25, 0.3) is 0 Å². The van der Waals surface area contributed by atoms with Crippen molar-refractivity contribution in [2.75, 3.05) is 20.1 Å². The predicted octanol–water partition coefficient (Wildman–Crippen LogP) is 1.88. The topological polar surface area (TPSA) is 32.3 Å². The van der Waals surface area contributed by atoms with Gasteiger partial charge in [0.2, 0.25) is 5.91 Å². The van der Waals surface area contributed by atoms with Gasteiger partial charge in [0.15, 0.2) is 0 Å². The van der Waals surface area contributed by atoms with Crippen molar-refractivity contribution in [3.05, 3.63) is 0 Å². The van der Waals surface area contributed by atoms with Crippen LogP contribution in [0.2, 0.25) is 0 Å². The van der Waals surface area contributed by atoms with Crippen LogP contribution in [0.1, 0.15) is 38.5 Å². The van der Waals surface area contributed by atoms with Crippen LogP contribution in [0, 0.1) is 29.6 Å². The second-order valence-electron chi connectivity index (χ2n) is 7.43. The summed E-state index contributed by atoms with van der Waals surface area (Å²) in [6.45, 7) is 2.11. The van der Waals surface area contributed by atoms with E-state index in [1.165, 1.54) is 32.1 Å². The molecule has 1 saturated heterocycles. The Morgan fingerprint density at radius 2 is 2.05 bits per heavy atom. The summed E-state index contributed by atoms with van der Waals surface area (Å²) in [6.07, 6.45) is 8.11. The molecule has 4 fully saturated rings. The molecule has 1 N–H and O–H groups in total. The van der Waals surface area contributed by atoms with Gasteiger partial charge < -0.3 is 10.2 Å². The number of hydrogen-bond donors (Lipinski definition) is 1. The molecule has 0 aromatic heterocycles. The van der Waals surface area contributed by atoms with E-state index in [1.807, 2.05) is 7.05 Å². The molecule has 3 aliphatic carbocycles. The molecule has 4 aliphatic rings. The third-order valence-electron chi connectivity index (χ3n) is 6.21. The van der Waals surface area contributed by atoms with Crippen LogP contribution in [0.4, 0.5) is 0 Å². The molecule has 0 bridgehead atoms. The smallest absolute Gasteiger partial charge is 0.239 e. The molecule has 0 aromatic rings. The Balaban J connectivity index is 1.44. The van der Waals surface area contributed by atoms with E-state index < -0.39 is 0 Å². The highest BCUT2D eigenvalue weighted by Crippen LogP contribution is 2.53. The Morgan fingerprint density at radius 1 is 1.16 bits per heavy atom. The van der Waals surface area contributed by atoms with E-state index in [2.05, 4.69) is 10.2 Å². The Bertz CT molecular complexity index is 383. The highest BCUT2D eigenvalue weighted by Gasteiger charge is 2.49. The highest BCUT2D eigenvalue weighted by atomic mass is 16.2. The zero-order valence-electron chi connectivity index (χ0n) is 12.0. The van der Waals surface area contributed by atoms with Crippen molar-refractivity contribution in [1.82, 2.24) is 10.2 Å². The summed E-state index contributed by atoms with van der Waals surface area (Å²) in [4.78, 5) is 14.8. The lowest BCUT2D eigenvalue weighted by Gasteiger charge is -2.31. The molecule has 4 rings (SSSR count). The van der Waals surface area contributed by atoms with Gasteiger partial charge in [0.05, 0.1) is 6.04 Å². The SMILES string of the molecule is CNC1CC2CC2CN(CC2CCCC3CC32)C1=O. The molecule has 1 amide bonds. The van der Waals surface area contributed by atoms with E-state index in [9.17, 15) is 4.79 Å². The number of nitrogens with one attached hydrogen (secondary N) is 1. The van der Waals surface area contributed by atoms with Gasteiger partial charge in [-0.1, -0.05) is 12.8 Å². The van der Waals surface area contributed by atoms with Crippen molar-refractivity contribution in [1.29, 1.82) is 0 Å². The maximum atomic E-state index is 12.6. The predicted molar refractivity (Wildman–Crippen MR) is 74.6 cm³/mol. The van der Waals surface area contributed by atoms with Gasteiger partial charge >= 0.3 is 0 Å². The summed E-state index contributed by atoms with van der Waals surface area (Å²) in [7, 11) is 1.95. The van der Waals surface area contributed by atoms with Crippen molar-refractivity contribution < 1.29 is 4.79 Å². The lowest BCUT2D eigenvalue weighted by atomic mass is 9.88. The van der Waals surface area contributed by atoms with Gasteiger partial charge in [0, 0.05) is 13.1 Å². The molecule has 0 spiro atoms. The molecule has 3 saturated carbocycles. The Hall–Kier alpha value is -0.570. The lowest BCUT2D eigenvalue weighted by molar-refractivity contribution is -0.134. The minimum atomic E-state index is 0.0936. The first kappa shape index (κ1) is 12.2. The number of carbonyl (C=O) groups excluding carboxylic acids is 1. The molecule has 19 heavy (non-hydrogen) atoms. The summed E-state index contributed by atoms with van der Waals surface area (Å²) in [6, 6.07) is 0.0936. The van der Waals surface area contributed by atoms with E-state index in [-0.39, 0.29) is 6.04 Å². The summed E-state index contributed by atoms with van der Waals surface area (Å²) in [5, 5.41) is 3.25. The summed E-state index contributed by atoms with van der Waals surface area (Å²) >= 11 is 0. The quantitative estimate of drug-likeness (QED) is 0.842. The van der Waals surface area contributed by atoms with Crippen molar-refractivity contribution in [2.45, 2.75) is 44.6 Å². The van der Waals surface area contributed by atoms with Crippen LogP contribution in [-0.4, -0.2) is 37.0 Å². The van der Waals surface area contributed by atoms with Crippen LogP contribution in [0.3, 0.4) is 0 Å². The fraction of sp³-hybridized carbons (Fsp3) is 0.938. The fourth-order valence-electron chi connectivity index (χ4n) is 4.77. The van der Waals surface area contributed by atoms with E-state index in [4.69, 9.17) is 0 Å². The molecule has 0 radical (unpaired) electrons. The van der Waals surface area contributed by atoms with Crippen LogP contribution in [0.25, 0.3) is 0 Å². The van der Waals surface area contributed by atoms with Crippen LogP contribution in [0.5, 0.6) is 0 Å². The first-order valence-electron chi connectivity index (χ1n) is 8.22. The first-order chi connectivity index (χ1) is 9.26. The molecule has 3 heteroatoms. The third kappa shape index (κ3) is 2.20. The molecule has 1 heterocycles. The molecular weight excluding hydrogens is 236 g/mol. The minimum absolute atomic E-state index is 0.0936. The number of amides is 1. The van der Waals surface area contributed by atoms with Gasteiger partial charge in [-0.25, -0.2) is 0 Å². The number of likely N-dealkylation sites (tertiary alicyclic amines) is 1. The maximum Gasteiger partial charge on any atom is 0.239 e. The number of hydrogen-bond acceptors (Lipinski definition) is 2. The molecular formula is C16H26N2O. The zero-order valence-corrected chi connectivity index (χ0v) is 12.0. The Morgan fingerprint density at radius 3 is 2.89 bits per heavy atom. The zero-order chi connectivity index (χ0) is 13.0. The van der Waals surface area contributed by atoms with Gasteiger partial charge in [-0.05, 0) is 62.3 Å². The van der Waals surface area contributed by atoms with E-state index in [0.29, 0.717) is 5.91 Å². The number of carbonyl (C=O) groups is 1. The number of likely N-dealkylation sites (N-methyl/N-ethyl adjacent to an activating group) is 1. The Kier molecular flexibility index (Phi) is 2.87. The molecule has 6 atom stereocenters. The maximum absolute atomic E-state index is 12.6. The number of rotatable bonds is 3. The largest absolute Gasteiger partial charge is 0.341 e. The van der Waals surface area contributed by atoms with Crippen LogP contribution in [-0.2, 0) is 4.79 Å². The third-order valence-corrected chi connectivity index (χ3v) is 6.21. The summed E-state index contributed by atoms with van der Waals surface area (Å²) in [5.41, 5.74) is 0. The summed E-state index contributed by atoms with van der Waals surface area (Å²) in [5.74, 6) is 4.84. The molecule has 106 valence electrons. The van der Waals surface area contributed by atoms with E-state index >= 15 is 0 Å². The second kappa shape index (κ2) is 4.47. The van der Waals surface area contributed by atoms with Crippen LogP contribution >= 0.6 is 0 Å². The monoisotopic (exact) mass is 262 g/mol. The van der Waals surface area contributed by atoms with Crippen molar-refractivity contribution in [2.24, 2.45) is 29.6 Å². The molecule has 3 nitrogen and oxygen atoms in total. The van der Waals surface area contributed by atoms with E-state index in [0.717, 1.165) is 49.1 Å². The normalized spacial score (nSPS) is 48.3. The van der Waals surface area contributed by atoms with E-state index in [1.54, 1.807) is 0 Å². The number of nitrogens with zero attached hydrogens (tertiary/aromatic N) is 1. The average Bonchev–Trinajstić information content (AvgIpc) is 3.28. The van der Waals surface area contributed by atoms with Gasteiger partial charge in [-0.3, -0.25) is 4.79 Å². The van der Waals surface area contributed by atoms with Crippen molar-refractivity contribution in [3.63, 3.8) is 0 Å². The van der Waals surface area contributed by atoms with Gasteiger partial charge in [-0.2, -0.15) is 0 Å². The second-order valence-corrected chi connectivity index (χ2v) is 7.43. The molecule has 0 aromatic carbocycles.